The van der Waals surface area contributed by atoms with Crippen molar-refractivity contribution >= 4 is 23.6 Å². The summed E-state index contributed by atoms with van der Waals surface area (Å²) < 4.78 is 5.20. The maximum Gasteiger partial charge on any atom is 0.321 e. The fraction of sp³-hybridized carbons (Fsp3) is 0.591. The van der Waals surface area contributed by atoms with Gasteiger partial charge in [0.05, 0.1) is 7.11 Å². The van der Waals surface area contributed by atoms with Crippen LogP contribution in [-0.2, 0) is 4.79 Å². The highest BCUT2D eigenvalue weighted by Gasteiger charge is 2.44. The summed E-state index contributed by atoms with van der Waals surface area (Å²) in [5.41, 5.74) is 6.05. The summed E-state index contributed by atoms with van der Waals surface area (Å²) in [6, 6.07) is 7.18. The molecule has 1 saturated heterocycles. The van der Waals surface area contributed by atoms with Gasteiger partial charge in [-0.1, -0.05) is 19.9 Å². The third kappa shape index (κ3) is 4.86. The number of hydrogen-bond donors (Lipinski definition) is 2. The third-order valence-electron chi connectivity index (χ3n) is 5.81. The number of carbonyl (C=O) groups excluding carboxylic acids is 2. The van der Waals surface area contributed by atoms with Crippen LogP contribution in [0.1, 0.15) is 40.0 Å². The predicted molar refractivity (Wildman–Crippen MR) is 118 cm³/mol. The fourth-order valence-electron chi connectivity index (χ4n) is 4.34. The second-order valence-electron chi connectivity index (χ2n) is 8.85. The predicted octanol–water partition coefficient (Wildman–Crippen LogP) is 2.90. The van der Waals surface area contributed by atoms with E-state index in [1.54, 1.807) is 18.1 Å². The number of anilines is 1. The van der Waals surface area contributed by atoms with Crippen LogP contribution in [0.3, 0.4) is 0 Å². The molecule has 3 N–H and O–H groups in total. The molecule has 3 amide bonds. The van der Waals surface area contributed by atoms with Crippen LogP contribution in [0.2, 0.25) is 0 Å². The lowest BCUT2D eigenvalue weighted by Crippen LogP contribution is -2.48. The molecule has 1 fully saturated rings. The minimum Gasteiger partial charge on any atom is -0.497 e. The Labute approximate surface area is 178 Å². The van der Waals surface area contributed by atoms with Crippen LogP contribution < -0.4 is 15.8 Å². The Morgan fingerprint density at radius 2 is 2.07 bits per heavy atom. The largest absolute Gasteiger partial charge is 0.497 e. The van der Waals surface area contributed by atoms with E-state index in [9.17, 15) is 9.59 Å². The van der Waals surface area contributed by atoms with Crippen LogP contribution in [0.5, 0.6) is 5.75 Å². The number of hydrogen-bond acceptors (Lipinski definition) is 5. The van der Waals surface area contributed by atoms with Crippen LogP contribution in [0.25, 0.3) is 0 Å². The van der Waals surface area contributed by atoms with Crippen LogP contribution >= 0.6 is 0 Å². The molecule has 1 atom stereocenters. The molecule has 1 aromatic carbocycles. The number of rotatable bonds is 6. The smallest absolute Gasteiger partial charge is 0.321 e. The van der Waals surface area contributed by atoms with Crippen molar-refractivity contribution in [2.24, 2.45) is 22.6 Å². The highest BCUT2D eigenvalue weighted by atomic mass is 16.5. The number of nitrogens with one attached hydrogen (secondary N) is 1. The standard InChI is InChI=1S/C22H33N5O3/c1-15(2)13-22(3)19(28)27(20(23)25-22)14-16-8-10-26(11-9-16)21(29)24-17-6-5-7-18(12-17)30-4/h5-7,12,15-16H,8-11,13-14H2,1-4H3,(H2,23,25)(H,24,29). The highest BCUT2D eigenvalue weighted by Crippen LogP contribution is 2.30. The SMILES string of the molecule is COc1cccc(NC(=O)N2CCC(CN3C(=O)C(C)(CC(C)C)N=C3N)CC2)c1. The lowest BCUT2D eigenvalue weighted by Gasteiger charge is -2.34. The third-order valence-corrected chi connectivity index (χ3v) is 5.81. The molecule has 8 heteroatoms. The zero-order chi connectivity index (χ0) is 21.9. The topological polar surface area (TPSA) is 100 Å². The van der Waals surface area contributed by atoms with Crippen LogP contribution in [0.15, 0.2) is 29.3 Å². The number of nitrogens with two attached hydrogens (primary N) is 1. The van der Waals surface area contributed by atoms with E-state index in [0.717, 1.165) is 12.8 Å². The van der Waals surface area contributed by atoms with Gasteiger partial charge < -0.3 is 20.7 Å². The Hall–Kier alpha value is -2.77. The van der Waals surface area contributed by atoms with Crippen LogP contribution in [-0.4, -0.2) is 60.0 Å². The average Bonchev–Trinajstić information content (AvgIpc) is 2.90. The molecule has 0 radical (unpaired) electrons. The molecule has 3 rings (SSSR count). The maximum absolute atomic E-state index is 12.9. The number of aliphatic imine (C=N–C) groups is 1. The van der Waals surface area contributed by atoms with Gasteiger partial charge in [0.25, 0.3) is 5.91 Å². The first-order valence-electron chi connectivity index (χ1n) is 10.6. The van der Waals surface area contributed by atoms with Crippen LogP contribution in [0, 0.1) is 11.8 Å². The van der Waals surface area contributed by atoms with Gasteiger partial charge >= 0.3 is 6.03 Å². The van der Waals surface area contributed by atoms with Gasteiger partial charge in [-0.3, -0.25) is 9.69 Å². The number of benzene rings is 1. The molecular formula is C22H33N5O3. The second-order valence-corrected chi connectivity index (χ2v) is 8.85. The molecule has 30 heavy (non-hydrogen) atoms. The Morgan fingerprint density at radius 1 is 1.37 bits per heavy atom. The summed E-state index contributed by atoms with van der Waals surface area (Å²) in [6.07, 6.45) is 2.33. The molecule has 0 saturated carbocycles. The molecule has 2 aliphatic rings. The normalized spacial score (nSPS) is 22.4. The zero-order valence-electron chi connectivity index (χ0n) is 18.4. The number of urea groups is 1. The molecule has 8 nitrogen and oxygen atoms in total. The van der Waals surface area contributed by atoms with Gasteiger partial charge in [-0.05, 0) is 50.2 Å². The van der Waals surface area contributed by atoms with E-state index in [-0.39, 0.29) is 11.9 Å². The van der Waals surface area contributed by atoms with E-state index < -0.39 is 5.54 Å². The number of likely N-dealkylation sites (tertiary alicyclic amines) is 1. The minimum absolute atomic E-state index is 0.00750. The molecule has 164 valence electrons. The van der Waals surface area contributed by atoms with E-state index in [1.165, 1.54) is 0 Å². The van der Waals surface area contributed by atoms with E-state index >= 15 is 0 Å². The van der Waals surface area contributed by atoms with Gasteiger partial charge in [0, 0.05) is 31.4 Å². The van der Waals surface area contributed by atoms with Gasteiger partial charge in [-0.25, -0.2) is 9.79 Å². The molecule has 1 unspecified atom stereocenters. The first-order valence-corrected chi connectivity index (χ1v) is 10.6. The number of methoxy groups -OCH3 is 1. The summed E-state index contributed by atoms with van der Waals surface area (Å²) in [7, 11) is 1.60. The fourth-order valence-corrected chi connectivity index (χ4v) is 4.34. The van der Waals surface area contributed by atoms with E-state index in [4.69, 9.17) is 10.5 Å². The summed E-state index contributed by atoms with van der Waals surface area (Å²) >= 11 is 0. The lowest BCUT2D eigenvalue weighted by molar-refractivity contribution is -0.131. The number of carbonyl (C=O) groups is 2. The number of guanidine groups is 1. The quantitative estimate of drug-likeness (QED) is 0.746. The number of piperidine rings is 1. The maximum atomic E-state index is 12.9. The molecule has 2 aliphatic heterocycles. The van der Waals surface area contributed by atoms with Crippen molar-refractivity contribution in [3.05, 3.63) is 24.3 Å². The zero-order valence-corrected chi connectivity index (χ0v) is 18.4. The summed E-state index contributed by atoms with van der Waals surface area (Å²) in [5, 5.41) is 2.92. The van der Waals surface area contributed by atoms with E-state index in [0.29, 0.717) is 55.3 Å². The summed E-state index contributed by atoms with van der Waals surface area (Å²) in [4.78, 5) is 33.4. The van der Waals surface area contributed by atoms with Crippen molar-refractivity contribution in [2.75, 3.05) is 32.1 Å². The van der Waals surface area contributed by atoms with Gasteiger partial charge in [-0.15, -0.1) is 0 Å². The monoisotopic (exact) mass is 415 g/mol. The summed E-state index contributed by atoms with van der Waals surface area (Å²) in [6.45, 7) is 7.88. The Bertz CT molecular complexity index is 817. The average molecular weight is 416 g/mol. The lowest BCUT2D eigenvalue weighted by atomic mass is 9.90. The molecule has 0 aliphatic carbocycles. The van der Waals surface area contributed by atoms with Crippen molar-refractivity contribution in [3.8, 4) is 5.75 Å². The van der Waals surface area contributed by atoms with Gasteiger partial charge in [0.2, 0.25) is 0 Å². The molecule has 0 bridgehead atoms. The summed E-state index contributed by atoms with van der Waals surface area (Å²) in [5.74, 6) is 1.67. The minimum atomic E-state index is -0.754. The van der Waals surface area contributed by atoms with Crippen molar-refractivity contribution in [1.82, 2.24) is 9.80 Å². The Balaban J connectivity index is 1.51. The first kappa shape index (κ1) is 21.9. The number of ether oxygens (including phenoxy) is 1. The van der Waals surface area contributed by atoms with E-state index in [1.807, 2.05) is 30.0 Å². The Kier molecular flexibility index (Phi) is 6.53. The van der Waals surface area contributed by atoms with Gasteiger partial charge in [0.1, 0.15) is 11.3 Å². The van der Waals surface area contributed by atoms with Crippen molar-refractivity contribution in [3.63, 3.8) is 0 Å². The van der Waals surface area contributed by atoms with Crippen molar-refractivity contribution in [2.45, 2.75) is 45.6 Å². The van der Waals surface area contributed by atoms with Crippen molar-refractivity contribution in [1.29, 1.82) is 0 Å². The molecule has 0 aromatic heterocycles. The first-order chi connectivity index (χ1) is 14.2. The molecule has 2 heterocycles. The second kappa shape index (κ2) is 8.93. The van der Waals surface area contributed by atoms with Gasteiger partial charge in [-0.2, -0.15) is 0 Å². The molecule has 1 aromatic rings. The van der Waals surface area contributed by atoms with Crippen LogP contribution in [0.4, 0.5) is 10.5 Å². The molecular weight excluding hydrogens is 382 g/mol. The number of amides is 3. The van der Waals surface area contributed by atoms with Gasteiger partial charge in [0.15, 0.2) is 5.96 Å². The van der Waals surface area contributed by atoms with Crippen molar-refractivity contribution < 1.29 is 14.3 Å². The highest BCUT2D eigenvalue weighted by molar-refractivity contribution is 6.06. The number of nitrogens with zero attached hydrogens (tertiary/aromatic N) is 3. The Morgan fingerprint density at radius 3 is 2.70 bits per heavy atom. The molecule has 0 spiro atoms. The van der Waals surface area contributed by atoms with E-state index in [2.05, 4.69) is 24.2 Å².